The highest BCUT2D eigenvalue weighted by molar-refractivity contribution is 5.70. The molecule has 1 saturated carbocycles. The average Bonchev–Trinajstić information content (AvgIpc) is 2.06. The van der Waals surface area contributed by atoms with E-state index in [9.17, 15) is 4.79 Å². The van der Waals surface area contributed by atoms with Gasteiger partial charge < -0.3 is 10.2 Å². The summed E-state index contributed by atoms with van der Waals surface area (Å²) in [6.07, 6.45) is 4.90. The zero-order valence-corrected chi connectivity index (χ0v) is 6.99. The summed E-state index contributed by atoms with van der Waals surface area (Å²) in [6.45, 7) is 0.0765. The average molecular weight is 170 g/mol. The van der Waals surface area contributed by atoms with Gasteiger partial charge >= 0.3 is 5.97 Å². The molecule has 0 spiro atoms. The second-order valence-electron chi connectivity index (χ2n) is 3.16. The van der Waals surface area contributed by atoms with Crippen LogP contribution >= 0.6 is 0 Å². The van der Waals surface area contributed by atoms with Crippen molar-refractivity contribution in [1.82, 2.24) is 0 Å². The monoisotopic (exact) mass is 170 g/mol. The van der Waals surface area contributed by atoms with Crippen LogP contribution in [0.5, 0.6) is 0 Å². The van der Waals surface area contributed by atoms with Crippen molar-refractivity contribution in [3.8, 4) is 0 Å². The third-order valence-electron chi connectivity index (χ3n) is 2.36. The Hall–Kier alpha value is -0.830. The van der Waals surface area contributed by atoms with Gasteiger partial charge in [-0.15, -0.1) is 0 Å². The Kier molecular flexibility index (Phi) is 3.29. The molecule has 1 aliphatic rings. The van der Waals surface area contributed by atoms with Gasteiger partial charge in [0.25, 0.3) is 0 Å². The molecule has 0 atom stereocenters. The van der Waals surface area contributed by atoms with Crippen LogP contribution in [0.25, 0.3) is 0 Å². The molecule has 0 aromatic heterocycles. The maximum absolute atomic E-state index is 10.6. The summed E-state index contributed by atoms with van der Waals surface area (Å²) < 4.78 is 0. The number of aliphatic carboxylic acids is 1. The van der Waals surface area contributed by atoms with E-state index in [0.717, 1.165) is 25.7 Å². The molecule has 0 aromatic rings. The van der Waals surface area contributed by atoms with Crippen molar-refractivity contribution < 1.29 is 15.0 Å². The summed E-state index contributed by atoms with van der Waals surface area (Å²) in [5.74, 6) is -0.848. The van der Waals surface area contributed by atoms with Crippen molar-refractivity contribution in [2.75, 3.05) is 6.61 Å². The van der Waals surface area contributed by atoms with E-state index in [1.807, 2.05) is 0 Å². The largest absolute Gasteiger partial charge is 0.481 e. The van der Waals surface area contributed by atoms with Crippen LogP contribution < -0.4 is 0 Å². The van der Waals surface area contributed by atoms with E-state index in [0.29, 0.717) is 0 Å². The van der Waals surface area contributed by atoms with E-state index in [2.05, 4.69) is 0 Å². The molecule has 2 N–H and O–H groups in total. The smallest absolute Gasteiger partial charge is 0.306 e. The molecule has 0 unspecified atom stereocenters. The molecule has 68 valence electrons. The first kappa shape index (κ1) is 9.26. The van der Waals surface area contributed by atoms with Gasteiger partial charge in [-0.05, 0) is 25.7 Å². The molecule has 0 heterocycles. The number of hydrogen-bond acceptors (Lipinski definition) is 2. The van der Waals surface area contributed by atoms with Gasteiger partial charge in [-0.3, -0.25) is 4.79 Å². The van der Waals surface area contributed by atoms with E-state index in [1.165, 1.54) is 5.57 Å². The van der Waals surface area contributed by atoms with Gasteiger partial charge in [0.2, 0.25) is 0 Å². The first-order valence-electron chi connectivity index (χ1n) is 4.25. The third kappa shape index (κ3) is 2.34. The Labute approximate surface area is 71.7 Å². The summed E-state index contributed by atoms with van der Waals surface area (Å²) in [4.78, 5) is 10.6. The molecular formula is C9H14O3. The van der Waals surface area contributed by atoms with Gasteiger partial charge in [0, 0.05) is 0 Å². The molecule has 3 heteroatoms. The minimum atomic E-state index is -0.682. The van der Waals surface area contributed by atoms with E-state index in [4.69, 9.17) is 10.2 Å². The van der Waals surface area contributed by atoms with E-state index in [-0.39, 0.29) is 12.5 Å². The standard InChI is InChI=1S/C9H14O3/c10-6-5-7-1-3-8(4-2-7)9(11)12/h5,8,10H,1-4,6H2,(H,11,12). The number of allylic oxidation sites excluding steroid dienone is 1. The Morgan fingerprint density at radius 1 is 1.50 bits per heavy atom. The van der Waals surface area contributed by atoms with Crippen LogP contribution in [0.4, 0.5) is 0 Å². The summed E-state index contributed by atoms with van der Waals surface area (Å²) in [5, 5.41) is 17.3. The lowest BCUT2D eigenvalue weighted by Crippen LogP contribution is -2.17. The quantitative estimate of drug-likeness (QED) is 0.612. The summed E-state index contributed by atoms with van der Waals surface area (Å²) in [5.41, 5.74) is 1.20. The van der Waals surface area contributed by atoms with Crippen LogP contribution in [-0.4, -0.2) is 22.8 Å². The van der Waals surface area contributed by atoms with Crippen molar-refractivity contribution in [3.05, 3.63) is 11.6 Å². The van der Waals surface area contributed by atoms with Crippen LogP contribution in [0.15, 0.2) is 11.6 Å². The Balaban J connectivity index is 2.39. The molecule has 3 nitrogen and oxygen atoms in total. The SMILES string of the molecule is O=C(O)C1CCC(=CCO)CC1. The van der Waals surface area contributed by atoms with Crippen LogP contribution in [0.1, 0.15) is 25.7 Å². The lowest BCUT2D eigenvalue weighted by atomic mass is 9.86. The number of carboxylic acid groups (broad SMARTS) is 1. The highest BCUT2D eigenvalue weighted by Crippen LogP contribution is 2.27. The normalized spacial score (nSPS) is 23.8. The number of rotatable bonds is 2. The molecule has 0 bridgehead atoms. The van der Waals surface area contributed by atoms with Crippen molar-refractivity contribution in [2.24, 2.45) is 5.92 Å². The van der Waals surface area contributed by atoms with Crippen LogP contribution in [0, 0.1) is 5.92 Å². The van der Waals surface area contributed by atoms with Gasteiger partial charge in [-0.1, -0.05) is 11.6 Å². The van der Waals surface area contributed by atoms with Crippen LogP contribution in [-0.2, 0) is 4.79 Å². The molecule has 0 saturated heterocycles. The molecule has 0 aliphatic heterocycles. The summed E-state index contributed by atoms with van der Waals surface area (Å²) in [7, 11) is 0. The molecular weight excluding hydrogens is 156 g/mol. The van der Waals surface area contributed by atoms with Crippen LogP contribution in [0.2, 0.25) is 0 Å². The number of aliphatic hydroxyl groups is 1. The predicted molar refractivity (Wildman–Crippen MR) is 44.8 cm³/mol. The number of carbonyl (C=O) groups is 1. The van der Waals surface area contributed by atoms with Gasteiger partial charge in [-0.2, -0.15) is 0 Å². The number of hydrogen-bond donors (Lipinski definition) is 2. The maximum atomic E-state index is 10.6. The van der Waals surface area contributed by atoms with E-state index < -0.39 is 5.97 Å². The molecule has 1 aliphatic carbocycles. The first-order chi connectivity index (χ1) is 5.74. The lowest BCUT2D eigenvalue weighted by Gasteiger charge is -2.19. The molecule has 0 aromatic carbocycles. The van der Waals surface area contributed by atoms with Gasteiger partial charge in [-0.25, -0.2) is 0 Å². The summed E-state index contributed by atoms with van der Waals surface area (Å²) >= 11 is 0. The minimum Gasteiger partial charge on any atom is -0.481 e. The van der Waals surface area contributed by atoms with Crippen molar-refractivity contribution >= 4 is 5.97 Å². The fourth-order valence-corrected chi connectivity index (χ4v) is 1.57. The Morgan fingerprint density at radius 3 is 2.50 bits per heavy atom. The summed E-state index contributed by atoms with van der Waals surface area (Å²) in [6, 6.07) is 0. The van der Waals surface area contributed by atoms with E-state index >= 15 is 0 Å². The van der Waals surface area contributed by atoms with Gasteiger partial charge in [0.05, 0.1) is 12.5 Å². The number of carboxylic acids is 1. The minimum absolute atomic E-state index is 0.0765. The number of aliphatic hydroxyl groups excluding tert-OH is 1. The zero-order valence-electron chi connectivity index (χ0n) is 6.99. The van der Waals surface area contributed by atoms with Crippen LogP contribution in [0.3, 0.4) is 0 Å². The third-order valence-corrected chi connectivity index (χ3v) is 2.36. The Bertz CT molecular complexity index is 186. The van der Waals surface area contributed by atoms with Crippen molar-refractivity contribution in [1.29, 1.82) is 0 Å². The second-order valence-corrected chi connectivity index (χ2v) is 3.16. The lowest BCUT2D eigenvalue weighted by molar-refractivity contribution is -0.142. The molecule has 1 fully saturated rings. The van der Waals surface area contributed by atoms with Crippen molar-refractivity contribution in [3.63, 3.8) is 0 Å². The fourth-order valence-electron chi connectivity index (χ4n) is 1.57. The topological polar surface area (TPSA) is 57.5 Å². The second kappa shape index (κ2) is 4.26. The maximum Gasteiger partial charge on any atom is 0.306 e. The fraction of sp³-hybridized carbons (Fsp3) is 0.667. The highest BCUT2D eigenvalue weighted by Gasteiger charge is 2.21. The highest BCUT2D eigenvalue weighted by atomic mass is 16.4. The van der Waals surface area contributed by atoms with Gasteiger partial charge in [0.15, 0.2) is 0 Å². The molecule has 0 amide bonds. The molecule has 0 radical (unpaired) electrons. The van der Waals surface area contributed by atoms with Crippen molar-refractivity contribution in [2.45, 2.75) is 25.7 Å². The first-order valence-corrected chi connectivity index (χ1v) is 4.25. The Morgan fingerprint density at radius 2 is 2.08 bits per heavy atom. The van der Waals surface area contributed by atoms with E-state index in [1.54, 1.807) is 6.08 Å². The zero-order chi connectivity index (χ0) is 8.97. The predicted octanol–water partition coefficient (Wildman–Crippen LogP) is 1.18. The molecule has 12 heavy (non-hydrogen) atoms. The van der Waals surface area contributed by atoms with Gasteiger partial charge in [0.1, 0.15) is 0 Å². The molecule has 1 rings (SSSR count).